The van der Waals surface area contributed by atoms with Gasteiger partial charge in [-0.05, 0) is 6.42 Å². The van der Waals surface area contributed by atoms with Gasteiger partial charge < -0.3 is 20.5 Å². The number of nitrogen functional groups attached to an aromatic ring is 1. The number of aliphatic hydroxyl groups excluding tert-OH is 1. The monoisotopic (exact) mass is 295 g/mol. The van der Waals surface area contributed by atoms with Gasteiger partial charge in [-0.15, -0.1) is 0 Å². The van der Waals surface area contributed by atoms with Gasteiger partial charge in [-0.1, -0.05) is 6.92 Å². The molecule has 0 radical (unpaired) electrons. The van der Waals surface area contributed by atoms with E-state index in [0.29, 0.717) is 13.0 Å². The third-order valence-electron chi connectivity index (χ3n) is 2.08. The summed E-state index contributed by atoms with van der Waals surface area (Å²) in [6.07, 6.45) is -3.77. The van der Waals surface area contributed by atoms with Crippen LogP contribution in [-0.4, -0.2) is 52.5 Å². The second kappa shape index (κ2) is 7.08. The van der Waals surface area contributed by atoms with Crippen molar-refractivity contribution in [3.8, 4) is 6.01 Å². The van der Waals surface area contributed by atoms with E-state index in [1.165, 1.54) is 0 Å². The maximum Gasteiger partial charge on any atom is 0.406 e. The molecule has 0 saturated heterocycles. The molecule has 7 nitrogen and oxygen atoms in total. The lowest BCUT2D eigenvalue weighted by molar-refractivity contribution is -0.120. The molecule has 0 saturated carbocycles. The number of halogens is 3. The van der Waals surface area contributed by atoms with Crippen molar-refractivity contribution in [2.75, 3.05) is 36.9 Å². The van der Waals surface area contributed by atoms with E-state index in [1.807, 2.05) is 6.92 Å². The molecule has 0 aliphatic rings. The van der Waals surface area contributed by atoms with Crippen LogP contribution >= 0.6 is 0 Å². The van der Waals surface area contributed by atoms with Gasteiger partial charge in [0.25, 0.3) is 0 Å². The van der Waals surface area contributed by atoms with Gasteiger partial charge in [0.15, 0.2) is 0 Å². The van der Waals surface area contributed by atoms with E-state index in [2.05, 4.69) is 15.0 Å². The zero-order chi connectivity index (χ0) is 15.2. The second-order valence-corrected chi connectivity index (χ2v) is 3.88. The van der Waals surface area contributed by atoms with Gasteiger partial charge in [-0.3, -0.25) is 0 Å². The number of aliphatic hydroxyl groups is 1. The first-order valence-electron chi connectivity index (χ1n) is 5.92. The van der Waals surface area contributed by atoms with Gasteiger partial charge in [-0.25, -0.2) is 0 Å². The molecular formula is C10H16F3N5O2. The Bertz CT molecular complexity index is 430. The second-order valence-electron chi connectivity index (χ2n) is 3.88. The summed E-state index contributed by atoms with van der Waals surface area (Å²) in [5.74, 6) is -0.527. The van der Waals surface area contributed by atoms with Gasteiger partial charge in [0.2, 0.25) is 11.9 Å². The fourth-order valence-corrected chi connectivity index (χ4v) is 1.35. The van der Waals surface area contributed by atoms with Crippen molar-refractivity contribution >= 4 is 11.9 Å². The molecule has 0 unspecified atom stereocenters. The van der Waals surface area contributed by atoms with Crippen molar-refractivity contribution in [1.82, 2.24) is 15.0 Å². The Balaban J connectivity index is 2.96. The summed E-state index contributed by atoms with van der Waals surface area (Å²) in [7, 11) is 0. The number of ether oxygens (including phenoxy) is 1. The molecule has 0 aliphatic carbocycles. The van der Waals surface area contributed by atoms with Crippen LogP contribution < -0.4 is 15.4 Å². The molecule has 114 valence electrons. The Kier molecular flexibility index (Phi) is 5.74. The minimum atomic E-state index is -4.46. The lowest BCUT2D eigenvalue weighted by Crippen LogP contribution is -2.37. The Morgan fingerprint density at radius 1 is 1.30 bits per heavy atom. The molecule has 0 atom stereocenters. The number of rotatable bonds is 7. The van der Waals surface area contributed by atoms with Crippen LogP contribution in [0.1, 0.15) is 13.3 Å². The molecule has 1 rings (SSSR count). The molecule has 10 heteroatoms. The number of aromatic nitrogens is 3. The minimum absolute atomic E-state index is 0.139. The van der Waals surface area contributed by atoms with Crippen LogP contribution in [0.5, 0.6) is 6.01 Å². The first-order valence-corrected chi connectivity index (χ1v) is 5.92. The maximum absolute atomic E-state index is 12.5. The number of alkyl halides is 3. The van der Waals surface area contributed by atoms with Gasteiger partial charge in [-0.2, -0.15) is 28.1 Å². The van der Waals surface area contributed by atoms with Gasteiger partial charge >= 0.3 is 12.2 Å². The van der Waals surface area contributed by atoms with Crippen molar-refractivity contribution < 1.29 is 23.0 Å². The predicted octanol–water partition coefficient (Wildman–Crippen LogP) is 0.604. The Hall–Kier alpha value is -1.84. The number of anilines is 2. The minimum Gasteiger partial charge on any atom is -0.463 e. The highest BCUT2D eigenvalue weighted by Crippen LogP contribution is 2.21. The van der Waals surface area contributed by atoms with Crippen molar-refractivity contribution in [1.29, 1.82) is 0 Å². The molecule has 0 aliphatic heterocycles. The molecule has 1 aromatic heterocycles. The van der Waals surface area contributed by atoms with Crippen LogP contribution in [0.25, 0.3) is 0 Å². The highest BCUT2D eigenvalue weighted by molar-refractivity contribution is 5.36. The third-order valence-corrected chi connectivity index (χ3v) is 2.08. The summed E-state index contributed by atoms with van der Waals surface area (Å²) in [5, 5.41) is 8.83. The average Bonchev–Trinajstić information content (AvgIpc) is 2.33. The molecule has 0 amide bonds. The number of nitrogens with zero attached hydrogens (tertiary/aromatic N) is 4. The van der Waals surface area contributed by atoms with Crippen LogP contribution in [0.15, 0.2) is 0 Å². The summed E-state index contributed by atoms with van der Waals surface area (Å²) in [4.78, 5) is 11.8. The predicted molar refractivity (Wildman–Crippen MR) is 65.4 cm³/mol. The Labute approximate surface area is 113 Å². The van der Waals surface area contributed by atoms with E-state index in [-0.39, 0.29) is 24.5 Å². The first-order chi connectivity index (χ1) is 9.35. The van der Waals surface area contributed by atoms with E-state index >= 15 is 0 Å². The Morgan fingerprint density at radius 2 is 2.00 bits per heavy atom. The lowest BCUT2D eigenvalue weighted by Gasteiger charge is -2.23. The standard InChI is InChI=1S/C10H16F3N5O2/c1-2-5-20-9-16-7(14)15-8(17-9)18(3-4-19)6-10(11,12)13/h19H,2-6H2,1H3,(H2,14,15,16,17). The topological polar surface area (TPSA) is 97.4 Å². The van der Waals surface area contributed by atoms with Crippen molar-refractivity contribution in [3.63, 3.8) is 0 Å². The molecular weight excluding hydrogens is 279 g/mol. The van der Waals surface area contributed by atoms with Crippen molar-refractivity contribution in [2.45, 2.75) is 19.5 Å². The van der Waals surface area contributed by atoms with Gasteiger partial charge in [0, 0.05) is 6.54 Å². The van der Waals surface area contributed by atoms with E-state index in [1.54, 1.807) is 0 Å². The largest absolute Gasteiger partial charge is 0.463 e. The summed E-state index contributed by atoms with van der Waals surface area (Å²) in [6.45, 7) is 0.0998. The smallest absolute Gasteiger partial charge is 0.406 e. The van der Waals surface area contributed by atoms with Crippen LogP contribution in [-0.2, 0) is 0 Å². The maximum atomic E-state index is 12.5. The van der Waals surface area contributed by atoms with Gasteiger partial charge in [0.05, 0.1) is 13.2 Å². The van der Waals surface area contributed by atoms with Crippen LogP contribution in [0.3, 0.4) is 0 Å². The molecule has 0 fully saturated rings. The zero-order valence-electron chi connectivity index (χ0n) is 10.9. The number of nitrogens with two attached hydrogens (primary N) is 1. The average molecular weight is 295 g/mol. The molecule has 0 aromatic carbocycles. The molecule has 0 bridgehead atoms. The molecule has 0 spiro atoms. The Morgan fingerprint density at radius 3 is 2.55 bits per heavy atom. The lowest BCUT2D eigenvalue weighted by atomic mass is 10.5. The first kappa shape index (κ1) is 16.2. The van der Waals surface area contributed by atoms with Crippen LogP contribution in [0, 0.1) is 0 Å². The highest BCUT2D eigenvalue weighted by atomic mass is 19.4. The quantitative estimate of drug-likeness (QED) is 0.760. The zero-order valence-corrected chi connectivity index (χ0v) is 10.9. The van der Waals surface area contributed by atoms with Gasteiger partial charge in [0.1, 0.15) is 6.54 Å². The number of hydrogen-bond acceptors (Lipinski definition) is 7. The molecule has 20 heavy (non-hydrogen) atoms. The number of hydrogen-bond donors (Lipinski definition) is 2. The van der Waals surface area contributed by atoms with Crippen molar-refractivity contribution in [3.05, 3.63) is 0 Å². The summed E-state index contributed by atoms with van der Waals surface area (Å²) in [6, 6.07) is -0.139. The van der Waals surface area contributed by atoms with E-state index in [0.717, 1.165) is 4.90 Å². The summed E-state index contributed by atoms with van der Waals surface area (Å²) in [5.41, 5.74) is 5.42. The van der Waals surface area contributed by atoms with Crippen LogP contribution in [0.4, 0.5) is 25.1 Å². The van der Waals surface area contributed by atoms with E-state index < -0.39 is 19.3 Å². The van der Waals surface area contributed by atoms with E-state index in [4.69, 9.17) is 15.6 Å². The molecule has 3 N–H and O–H groups in total. The third kappa shape index (κ3) is 5.43. The fraction of sp³-hybridized carbons (Fsp3) is 0.700. The molecule has 1 heterocycles. The highest BCUT2D eigenvalue weighted by Gasteiger charge is 2.32. The van der Waals surface area contributed by atoms with Crippen molar-refractivity contribution in [2.24, 2.45) is 0 Å². The fourth-order valence-electron chi connectivity index (χ4n) is 1.35. The summed E-state index contributed by atoms with van der Waals surface area (Å²) < 4.78 is 42.5. The van der Waals surface area contributed by atoms with E-state index in [9.17, 15) is 13.2 Å². The SMILES string of the molecule is CCCOc1nc(N)nc(N(CCO)CC(F)(F)F)n1. The molecule has 1 aromatic rings. The summed E-state index contributed by atoms with van der Waals surface area (Å²) >= 11 is 0. The van der Waals surface area contributed by atoms with Crippen LogP contribution in [0.2, 0.25) is 0 Å². The normalized spacial score (nSPS) is 11.4.